The van der Waals surface area contributed by atoms with Crippen molar-refractivity contribution in [1.29, 1.82) is 5.26 Å². The number of nitriles is 1. The zero-order chi connectivity index (χ0) is 13.2. The average molecular weight is 260 g/mol. The molecule has 18 heavy (non-hydrogen) atoms. The third-order valence-electron chi connectivity index (χ3n) is 2.24. The van der Waals surface area contributed by atoms with Crippen LogP contribution in [0.3, 0.4) is 0 Å². The van der Waals surface area contributed by atoms with Crippen LogP contribution in [0.5, 0.6) is 0 Å². The molecule has 94 valence electrons. The fourth-order valence-corrected chi connectivity index (χ4v) is 1.38. The Morgan fingerprint density at radius 1 is 1.44 bits per heavy atom. The van der Waals surface area contributed by atoms with Crippen molar-refractivity contribution < 1.29 is 0 Å². The van der Waals surface area contributed by atoms with Crippen LogP contribution in [-0.2, 0) is 0 Å². The van der Waals surface area contributed by atoms with Crippen LogP contribution in [-0.4, -0.2) is 17.9 Å². The van der Waals surface area contributed by atoms with Crippen LogP contribution in [0.15, 0.2) is 29.4 Å². The maximum absolute atomic E-state index is 8.66. The molecule has 0 aromatic heterocycles. The van der Waals surface area contributed by atoms with Gasteiger partial charge in [-0.15, -0.1) is 0 Å². The highest BCUT2D eigenvalue weighted by Crippen LogP contribution is 2.00. The second kappa shape index (κ2) is 8.20. The van der Waals surface area contributed by atoms with Crippen molar-refractivity contribution in [2.45, 2.75) is 19.8 Å². The largest absolute Gasteiger partial charge is 0.361 e. The number of benzene rings is 1. The van der Waals surface area contributed by atoms with Crippen LogP contribution < -0.4 is 10.7 Å². The molecule has 4 nitrogen and oxygen atoms in total. The van der Waals surface area contributed by atoms with Crippen LogP contribution >= 0.6 is 12.2 Å². The second-order valence-corrected chi connectivity index (χ2v) is 4.12. The van der Waals surface area contributed by atoms with Gasteiger partial charge in [-0.05, 0) is 36.3 Å². The highest BCUT2D eigenvalue weighted by molar-refractivity contribution is 7.80. The molecule has 5 heteroatoms. The van der Waals surface area contributed by atoms with Crippen LogP contribution in [0.2, 0.25) is 0 Å². The minimum absolute atomic E-state index is 0.522. The van der Waals surface area contributed by atoms with E-state index in [4.69, 9.17) is 17.5 Å². The van der Waals surface area contributed by atoms with Crippen molar-refractivity contribution in [3.8, 4) is 6.07 Å². The predicted molar refractivity (Wildman–Crippen MR) is 77.4 cm³/mol. The third-order valence-corrected chi connectivity index (χ3v) is 2.47. The molecule has 0 saturated carbocycles. The Morgan fingerprint density at radius 3 is 2.78 bits per heavy atom. The van der Waals surface area contributed by atoms with Gasteiger partial charge in [0.1, 0.15) is 0 Å². The van der Waals surface area contributed by atoms with E-state index >= 15 is 0 Å². The first-order valence-corrected chi connectivity index (χ1v) is 6.24. The average Bonchev–Trinajstić information content (AvgIpc) is 2.40. The minimum atomic E-state index is 0.522. The summed E-state index contributed by atoms with van der Waals surface area (Å²) in [6.07, 6.45) is 3.88. The van der Waals surface area contributed by atoms with E-state index in [2.05, 4.69) is 28.8 Å². The molecule has 0 amide bonds. The molecular weight excluding hydrogens is 244 g/mol. The van der Waals surface area contributed by atoms with Gasteiger partial charge in [-0.1, -0.05) is 25.5 Å². The van der Waals surface area contributed by atoms with Crippen LogP contribution in [0.25, 0.3) is 0 Å². The SMILES string of the molecule is CCCCNC(=S)N/N=C\c1ccc(C#N)cc1. The lowest BCUT2D eigenvalue weighted by Gasteiger charge is -2.05. The van der Waals surface area contributed by atoms with E-state index in [0.717, 1.165) is 24.9 Å². The Kier molecular flexibility index (Phi) is 6.44. The first-order chi connectivity index (χ1) is 8.76. The van der Waals surface area contributed by atoms with Gasteiger partial charge in [0.25, 0.3) is 0 Å². The van der Waals surface area contributed by atoms with E-state index in [-0.39, 0.29) is 0 Å². The normalized spacial score (nSPS) is 10.0. The molecule has 0 unspecified atom stereocenters. The number of rotatable bonds is 5. The summed E-state index contributed by atoms with van der Waals surface area (Å²) in [5.74, 6) is 0. The fraction of sp³-hybridized carbons (Fsp3) is 0.308. The molecule has 0 saturated heterocycles. The van der Waals surface area contributed by atoms with Crippen LogP contribution in [0.4, 0.5) is 0 Å². The number of nitrogens with zero attached hydrogens (tertiary/aromatic N) is 2. The molecule has 2 N–H and O–H groups in total. The van der Waals surface area contributed by atoms with Gasteiger partial charge in [-0.2, -0.15) is 10.4 Å². The number of thiocarbonyl (C=S) groups is 1. The Labute approximate surface area is 113 Å². The summed E-state index contributed by atoms with van der Waals surface area (Å²) in [6.45, 7) is 2.98. The first kappa shape index (κ1) is 14.1. The van der Waals surface area contributed by atoms with Crippen molar-refractivity contribution >= 4 is 23.5 Å². The number of nitrogens with one attached hydrogen (secondary N) is 2. The van der Waals surface area contributed by atoms with E-state index in [1.165, 1.54) is 0 Å². The molecule has 0 aliphatic carbocycles. The Hall–Kier alpha value is -1.93. The standard InChI is InChI=1S/C13H16N4S/c1-2-3-8-15-13(18)17-16-10-12-6-4-11(9-14)5-7-12/h4-7,10H,2-3,8H2,1H3,(H2,15,17,18)/b16-10-. The molecule has 1 aromatic carbocycles. The molecule has 0 spiro atoms. The monoisotopic (exact) mass is 260 g/mol. The molecule has 0 aliphatic heterocycles. The first-order valence-electron chi connectivity index (χ1n) is 5.83. The molecule has 0 atom stereocenters. The van der Waals surface area contributed by atoms with Gasteiger partial charge < -0.3 is 5.32 Å². The van der Waals surface area contributed by atoms with Gasteiger partial charge >= 0.3 is 0 Å². The summed E-state index contributed by atoms with van der Waals surface area (Å²) in [5, 5.41) is 16.2. The molecule has 1 aromatic rings. The van der Waals surface area contributed by atoms with E-state index in [1.54, 1.807) is 18.3 Å². The van der Waals surface area contributed by atoms with Crippen molar-refractivity contribution in [2.24, 2.45) is 5.10 Å². The summed E-state index contributed by atoms with van der Waals surface area (Å²) >= 11 is 5.04. The number of hydrogen-bond acceptors (Lipinski definition) is 3. The molecule has 0 radical (unpaired) electrons. The van der Waals surface area contributed by atoms with Crippen molar-refractivity contribution in [2.75, 3.05) is 6.54 Å². The van der Waals surface area contributed by atoms with Crippen molar-refractivity contribution in [3.63, 3.8) is 0 Å². The van der Waals surface area contributed by atoms with Gasteiger partial charge in [-0.25, -0.2) is 0 Å². The molecule has 0 aliphatic rings. The second-order valence-electron chi connectivity index (χ2n) is 3.71. The van der Waals surface area contributed by atoms with Gasteiger partial charge in [0.15, 0.2) is 5.11 Å². The lowest BCUT2D eigenvalue weighted by atomic mass is 10.2. The smallest absolute Gasteiger partial charge is 0.186 e. The fourth-order valence-electron chi connectivity index (χ4n) is 1.23. The Balaban J connectivity index is 2.35. The zero-order valence-electron chi connectivity index (χ0n) is 10.3. The molecule has 0 heterocycles. The van der Waals surface area contributed by atoms with E-state index in [1.807, 2.05) is 12.1 Å². The topological polar surface area (TPSA) is 60.2 Å². The maximum atomic E-state index is 8.66. The summed E-state index contributed by atoms with van der Waals surface area (Å²) in [6, 6.07) is 9.23. The minimum Gasteiger partial charge on any atom is -0.361 e. The van der Waals surface area contributed by atoms with Crippen LogP contribution in [0.1, 0.15) is 30.9 Å². The molecule has 1 rings (SSSR count). The molecule has 0 fully saturated rings. The summed E-state index contributed by atoms with van der Waals surface area (Å²) in [5.41, 5.74) is 4.29. The zero-order valence-corrected chi connectivity index (χ0v) is 11.1. The lowest BCUT2D eigenvalue weighted by molar-refractivity contribution is 0.745. The highest BCUT2D eigenvalue weighted by Gasteiger charge is 1.92. The number of hydrazone groups is 1. The molecular formula is C13H16N4S. The van der Waals surface area contributed by atoms with Crippen molar-refractivity contribution in [1.82, 2.24) is 10.7 Å². The van der Waals surface area contributed by atoms with E-state index < -0.39 is 0 Å². The van der Waals surface area contributed by atoms with Gasteiger partial charge in [-0.3, -0.25) is 5.43 Å². The molecule has 0 bridgehead atoms. The predicted octanol–water partition coefficient (Wildman–Crippen LogP) is 2.16. The Bertz CT molecular complexity index is 445. The third kappa shape index (κ3) is 5.41. The number of unbranched alkanes of at least 4 members (excludes halogenated alkanes) is 1. The Morgan fingerprint density at radius 2 is 2.17 bits per heavy atom. The van der Waals surface area contributed by atoms with E-state index in [9.17, 15) is 0 Å². The maximum Gasteiger partial charge on any atom is 0.186 e. The van der Waals surface area contributed by atoms with Crippen LogP contribution in [0, 0.1) is 11.3 Å². The van der Waals surface area contributed by atoms with Crippen molar-refractivity contribution in [3.05, 3.63) is 35.4 Å². The van der Waals surface area contributed by atoms with E-state index in [0.29, 0.717) is 10.7 Å². The summed E-state index contributed by atoms with van der Waals surface area (Å²) in [7, 11) is 0. The van der Waals surface area contributed by atoms with Gasteiger partial charge in [0, 0.05) is 6.54 Å². The van der Waals surface area contributed by atoms with Gasteiger partial charge in [0.05, 0.1) is 17.8 Å². The number of hydrogen-bond donors (Lipinski definition) is 2. The lowest BCUT2D eigenvalue weighted by Crippen LogP contribution is -2.32. The quantitative estimate of drug-likeness (QED) is 0.368. The summed E-state index contributed by atoms with van der Waals surface area (Å²) < 4.78 is 0. The van der Waals surface area contributed by atoms with Gasteiger partial charge in [0.2, 0.25) is 0 Å². The summed E-state index contributed by atoms with van der Waals surface area (Å²) in [4.78, 5) is 0. The highest BCUT2D eigenvalue weighted by atomic mass is 32.1.